The molecular weight excluding hydrogens is 338 g/mol. The first-order valence-electron chi connectivity index (χ1n) is 8.13. The first kappa shape index (κ1) is 17.4. The molecule has 1 amide bonds. The van der Waals surface area contributed by atoms with Gasteiger partial charge in [0.1, 0.15) is 0 Å². The molecule has 4 nitrogen and oxygen atoms in total. The fourth-order valence-corrected chi connectivity index (χ4v) is 5.33. The predicted molar refractivity (Wildman–Crippen MR) is 104 cm³/mol. The summed E-state index contributed by atoms with van der Waals surface area (Å²) in [7, 11) is 0. The zero-order valence-electron chi connectivity index (χ0n) is 14.3. The molecule has 0 bridgehead atoms. The maximum Gasteiger partial charge on any atom is 0.258 e. The molecule has 0 saturated carbocycles. The predicted octanol–water partition coefficient (Wildman–Crippen LogP) is 4.76. The van der Waals surface area contributed by atoms with Gasteiger partial charge in [0.2, 0.25) is 0 Å². The van der Waals surface area contributed by atoms with E-state index in [2.05, 4.69) is 43.3 Å². The van der Waals surface area contributed by atoms with Crippen LogP contribution in [0.1, 0.15) is 47.7 Å². The van der Waals surface area contributed by atoms with Crippen LogP contribution in [0.5, 0.6) is 0 Å². The zero-order chi connectivity index (χ0) is 17.2. The van der Waals surface area contributed by atoms with Crippen LogP contribution in [0.4, 0.5) is 5.69 Å². The molecule has 2 aromatic rings. The number of carbonyl (C=O) groups is 1. The van der Waals surface area contributed by atoms with Crippen LogP contribution in [0.25, 0.3) is 0 Å². The van der Waals surface area contributed by atoms with Gasteiger partial charge in [0.25, 0.3) is 5.91 Å². The molecule has 128 valence electrons. The average molecular weight is 362 g/mol. The fraction of sp³-hybridized carbons (Fsp3) is 0.444. The number of anilines is 1. The minimum absolute atomic E-state index is 0.119. The van der Waals surface area contributed by atoms with E-state index in [0.717, 1.165) is 5.69 Å². The number of amides is 1. The van der Waals surface area contributed by atoms with Crippen LogP contribution < -0.4 is 5.32 Å². The molecule has 0 unspecified atom stereocenters. The number of rotatable bonds is 3. The molecule has 0 aliphatic carbocycles. The van der Waals surface area contributed by atoms with Gasteiger partial charge in [-0.25, -0.2) is 0 Å². The lowest BCUT2D eigenvalue weighted by Crippen LogP contribution is -2.22. The van der Waals surface area contributed by atoms with E-state index in [1.807, 2.05) is 40.3 Å². The monoisotopic (exact) mass is 361 g/mol. The number of carbonyl (C=O) groups excluding carboxylic acids is 1. The maximum atomic E-state index is 12.5. The van der Waals surface area contributed by atoms with Gasteiger partial charge in [0.05, 0.1) is 21.9 Å². The van der Waals surface area contributed by atoms with E-state index in [9.17, 15) is 4.79 Å². The molecule has 0 atom stereocenters. The molecule has 2 heterocycles. The summed E-state index contributed by atoms with van der Waals surface area (Å²) in [5.74, 6) is 2.30. The third kappa shape index (κ3) is 4.16. The van der Waals surface area contributed by atoms with Gasteiger partial charge in [0, 0.05) is 11.9 Å². The van der Waals surface area contributed by atoms with Crippen molar-refractivity contribution in [2.75, 3.05) is 16.8 Å². The number of aromatic nitrogens is 2. The van der Waals surface area contributed by atoms with Crippen molar-refractivity contribution in [3.8, 4) is 0 Å². The molecule has 0 radical (unpaired) electrons. The minimum Gasteiger partial charge on any atom is -0.322 e. The van der Waals surface area contributed by atoms with Crippen LogP contribution in [-0.4, -0.2) is 27.2 Å². The highest BCUT2D eigenvalue weighted by Crippen LogP contribution is 2.44. The van der Waals surface area contributed by atoms with E-state index in [4.69, 9.17) is 0 Å². The van der Waals surface area contributed by atoms with Gasteiger partial charge >= 0.3 is 0 Å². The van der Waals surface area contributed by atoms with Gasteiger partial charge < -0.3 is 5.32 Å². The van der Waals surface area contributed by atoms with Crippen LogP contribution in [-0.2, 0) is 5.54 Å². The van der Waals surface area contributed by atoms with Gasteiger partial charge in [-0.2, -0.15) is 5.10 Å². The van der Waals surface area contributed by atoms with E-state index < -0.39 is 0 Å². The lowest BCUT2D eigenvalue weighted by molar-refractivity contribution is 0.102. The molecule has 1 aromatic heterocycles. The quantitative estimate of drug-likeness (QED) is 0.856. The van der Waals surface area contributed by atoms with E-state index in [0.29, 0.717) is 10.1 Å². The van der Waals surface area contributed by atoms with Crippen molar-refractivity contribution in [2.45, 2.75) is 37.3 Å². The molecular formula is C18H23N3OS2. The molecule has 24 heavy (non-hydrogen) atoms. The number of nitrogens with zero attached hydrogens (tertiary/aromatic N) is 2. The highest BCUT2D eigenvalue weighted by Gasteiger charge is 2.19. The van der Waals surface area contributed by atoms with E-state index in [1.165, 1.54) is 23.5 Å². The molecule has 3 rings (SSSR count). The Morgan fingerprint density at radius 3 is 2.71 bits per heavy atom. The normalized spacial score (nSPS) is 16.1. The molecule has 6 heteroatoms. The summed E-state index contributed by atoms with van der Waals surface area (Å²) < 4.78 is 2.28. The SMILES string of the molecule is CC(C)(C)n1cc(C(=O)Nc2cccc(C3SCCCS3)c2)cn1. The Morgan fingerprint density at radius 1 is 1.29 bits per heavy atom. The largest absolute Gasteiger partial charge is 0.322 e. The molecule has 1 aliphatic heterocycles. The second kappa shape index (κ2) is 7.23. The molecule has 1 fully saturated rings. The number of nitrogens with one attached hydrogen (secondary N) is 1. The third-order valence-electron chi connectivity index (χ3n) is 3.78. The number of benzene rings is 1. The van der Waals surface area contributed by atoms with Gasteiger partial charge in [0.15, 0.2) is 0 Å². The minimum atomic E-state index is -0.131. The van der Waals surface area contributed by atoms with Gasteiger partial charge in [-0.3, -0.25) is 9.48 Å². The average Bonchev–Trinajstić information content (AvgIpc) is 3.06. The molecule has 1 aliphatic rings. The fourth-order valence-electron chi connectivity index (χ4n) is 2.45. The second-order valence-corrected chi connectivity index (χ2v) is 9.58. The van der Waals surface area contributed by atoms with Crippen molar-refractivity contribution in [1.82, 2.24) is 9.78 Å². The van der Waals surface area contributed by atoms with Crippen molar-refractivity contribution in [1.29, 1.82) is 0 Å². The number of hydrogen-bond donors (Lipinski definition) is 1. The first-order chi connectivity index (χ1) is 11.4. The van der Waals surface area contributed by atoms with E-state index in [1.54, 1.807) is 12.4 Å². The highest BCUT2D eigenvalue weighted by atomic mass is 32.2. The first-order valence-corrected chi connectivity index (χ1v) is 10.2. The van der Waals surface area contributed by atoms with Crippen molar-refractivity contribution in [3.63, 3.8) is 0 Å². The zero-order valence-corrected chi connectivity index (χ0v) is 15.9. The lowest BCUT2D eigenvalue weighted by Gasteiger charge is -2.21. The third-order valence-corrected chi connectivity index (χ3v) is 6.79. The summed E-state index contributed by atoms with van der Waals surface area (Å²) in [4.78, 5) is 12.5. The van der Waals surface area contributed by atoms with Gasteiger partial charge in [-0.15, -0.1) is 23.5 Å². The van der Waals surface area contributed by atoms with Crippen molar-refractivity contribution < 1.29 is 4.79 Å². The summed E-state index contributed by atoms with van der Waals surface area (Å²) in [5.41, 5.74) is 2.56. The summed E-state index contributed by atoms with van der Waals surface area (Å²) >= 11 is 3.97. The van der Waals surface area contributed by atoms with Gasteiger partial charge in [-0.05, 0) is 56.4 Å². The highest BCUT2D eigenvalue weighted by molar-refractivity contribution is 8.16. The Bertz CT molecular complexity index is 715. The lowest BCUT2D eigenvalue weighted by atomic mass is 10.1. The Morgan fingerprint density at radius 2 is 2.04 bits per heavy atom. The Balaban J connectivity index is 1.71. The topological polar surface area (TPSA) is 46.9 Å². The molecule has 1 saturated heterocycles. The van der Waals surface area contributed by atoms with Crippen LogP contribution in [0.15, 0.2) is 36.7 Å². The van der Waals surface area contributed by atoms with Crippen LogP contribution in [0.2, 0.25) is 0 Å². The smallest absolute Gasteiger partial charge is 0.258 e. The molecule has 1 aromatic carbocycles. The van der Waals surface area contributed by atoms with Crippen molar-refractivity contribution in [3.05, 3.63) is 47.8 Å². The Hall–Kier alpha value is -1.40. The molecule has 1 N–H and O–H groups in total. The molecule has 0 spiro atoms. The Labute approximate surface area is 151 Å². The number of hydrogen-bond acceptors (Lipinski definition) is 4. The van der Waals surface area contributed by atoms with Crippen LogP contribution in [0, 0.1) is 0 Å². The summed E-state index contributed by atoms with van der Waals surface area (Å²) in [6.45, 7) is 6.18. The summed E-state index contributed by atoms with van der Waals surface area (Å²) in [6.07, 6.45) is 4.70. The van der Waals surface area contributed by atoms with Crippen molar-refractivity contribution in [2.24, 2.45) is 0 Å². The van der Waals surface area contributed by atoms with Crippen LogP contribution in [0.3, 0.4) is 0 Å². The van der Waals surface area contributed by atoms with Gasteiger partial charge in [-0.1, -0.05) is 12.1 Å². The van der Waals surface area contributed by atoms with E-state index in [-0.39, 0.29) is 11.4 Å². The maximum absolute atomic E-state index is 12.5. The number of thioether (sulfide) groups is 2. The summed E-state index contributed by atoms with van der Waals surface area (Å²) in [5, 5.41) is 7.28. The van der Waals surface area contributed by atoms with E-state index >= 15 is 0 Å². The summed E-state index contributed by atoms with van der Waals surface area (Å²) in [6, 6.07) is 8.18. The Kier molecular flexibility index (Phi) is 5.25. The standard InChI is InChI=1S/C18H23N3OS2/c1-18(2,3)21-12-14(11-19-21)16(22)20-15-7-4-6-13(10-15)17-23-8-5-9-24-17/h4,6-7,10-12,17H,5,8-9H2,1-3H3,(H,20,22). The van der Waals surface area contributed by atoms with Crippen LogP contribution >= 0.6 is 23.5 Å². The van der Waals surface area contributed by atoms with Crippen molar-refractivity contribution >= 4 is 35.1 Å². The second-order valence-electron chi connectivity index (χ2n) is 6.85.